The molecule has 2 aliphatic heterocycles. The van der Waals surface area contributed by atoms with Gasteiger partial charge in [0.25, 0.3) is 5.91 Å². The van der Waals surface area contributed by atoms with E-state index in [2.05, 4.69) is 38.3 Å². The minimum Gasteiger partial charge on any atom is -0.493 e. The molecule has 45 heavy (non-hydrogen) atoms. The highest BCUT2D eigenvalue weighted by Crippen LogP contribution is 2.41. The van der Waals surface area contributed by atoms with Gasteiger partial charge in [-0.05, 0) is 93.8 Å². The Morgan fingerprint density at radius 3 is 2.42 bits per heavy atom. The molecule has 2 fully saturated rings. The SMILES string of the molecule is COc1cccc(-c2nc(C(=O)Nc3ccc(CN4CCC(N5CCCCC5)CC4)cc3)cc3c2[nH]c2ccccc23)c1OC. The number of amides is 1. The standard InChI is InChI=1S/C37H41N5O3/c1-44-33-12-8-10-29(36(33)45-2)34-35-30(28-9-4-5-11-31(28)39-35)23-32(40-34)37(43)38-26-15-13-25(14-16-26)24-41-21-17-27(18-22-41)42-19-6-3-7-20-42/h4-5,8-16,23,27,39H,3,6-7,17-22,24H2,1-2H3,(H,38,43). The lowest BCUT2D eigenvalue weighted by molar-refractivity contribution is 0.0896. The first-order valence-electron chi connectivity index (χ1n) is 16.1. The zero-order chi connectivity index (χ0) is 30.8. The van der Waals surface area contributed by atoms with E-state index in [1.807, 2.05) is 54.6 Å². The first-order chi connectivity index (χ1) is 22.1. The van der Waals surface area contributed by atoms with Gasteiger partial charge in [0.15, 0.2) is 11.5 Å². The van der Waals surface area contributed by atoms with Crippen LogP contribution in [0.3, 0.4) is 0 Å². The fraction of sp³-hybridized carbons (Fsp3) is 0.351. The van der Waals surface area contributed by atoms with Crippen LogP contribution >= 0.6 is 0 Å². The molecular formula is C37H41N5O3. The van der Waals surface area contributed by atoms with E-state index in [1.165, 1.54) is 50.8 Å². The number of piperidine rings is 2. The summed E-state index contributed by atoms with van der Waals surface area (Å²) in [5.41, 5.74) is 5.51. The number of likely N-dealkylation sites (tertiary alicyclic amines) is 2. The molecule has 8 nitrogen and oxygen atoms in total. The number of fused-ring (bicyclic) bond motifs is 3. The Morgan fingerprint density at radius 1 is 0.889 bits per heavy atom. The number of nitrogens with zero attached hydrogens (tertiary/aromatic N) is 3. The van der Waals surface area contributed by atoms with Crippen molar-refractivity contribution in [3.63, 3.8) is 0 Å². The summed E-state index contributed by atoms with van der Waals surface area (Å²) in [5.74, 6) is 0.900. The Morgan fingerprint density at radius 2 is 1.67 bits per heavy atom. The van der Waals surface area contributed by atoms with Crippen molar-refractivity contribution in [3.8, 4) is 22.8 Å². The molecular weight excluding hydrogens is 562 g/mol. The molecule has 2 aliphatic rings. The molecule has 5 aromatic rings. The van der Waals surface area contributed by atoms with Crippen LogP contribution in [-0.4, -0.2) is 72.1 Å². The van der Waals surface area contributed by atoms with Gasteiger partial charge in [-0.1, -0.05) is 42.8 Å². The van der Waals surface area contributed by atoms with Crippen molar-refractivity contribution >= 4 is 33.4 Å². The number of hydrogen-bond acceptors (Lipinski definition) is 6. The number of carbonyl (C=O) groups is 1. The Bertz CT molecular complexity index is 1800. The van der Waals surface area contributed by atoms with E-state index in [0.29, 0.717) is 22.9 Å². The van der Waals surface area contributed by atoms with Gasteiger partial charge in [-0.2, -0.15) is 0 Å². The van der Waals surface area contributed by atoms with E-state index >= 15 is 0 Å². The normalized spacial score (nSPS) is 16.7. The van der Waals surface area contributed by atoms with Crippen molar-refractivity contribution in [2.75, 3.05) is 45.7 Å². The van der Waals surface area contributed by atoms with Crippen LogP contribution in [0.15, 0.2) is 72.8 Å². The fourth-order valence-electron chi connectivity index (χ4n) is 7.10. The zero-order valence-corrected chi connectivity index (χ0v) is 26.1. The number of rotatable bonds is 8. The summed E-state index contributed by atoms with van der Waals surface area (Å²) in [5, 5.41) is 5.03. The second kappa shape index (κ2) is 12.9. The van der Waals surface area contributed by atoms with Crippen molar-refractivity contribution < 1.29 is 14.3 Å². The summed E-state index contributed by atoms with van der Waals surface area (Å²) in [4.78, 5) is 27.4. The van der Waals surface area contributed by atoms with Gasteiger partial charge in [-0.15, -0.1) is 0 Å². The number of aromatic nitrogens is 2. The Balaban J connectivity index is 1.10. The molecule has 4 heterocycles. The summed E-state index contributed by atoms with van der Waals surface area (Å²) < 4.78 is 11.3. The predicted molar refractivity (Wildman–Crippen MR) is 180 cm³/mol. The van der Waals surface area contributed by atoms with E-state index < -0.39 is 0 Å². The number of methoxy groups -OCH3 is 2. The van der Waals surface area contributed by atoms with E-state index in [-0.39, 0.29) is 5.91 Å². The van der Waals surface area contributed by atoms with Crippen molar-refractivity contribution in [1.82, 2.24) is 19.8 Å². The van der Waals surface area contributed by atoms with Crippen LogP contribution in [0.25, 0.3) is 33.1 Å². The predicted octanol–water partition coefficient (Wildman–Crippen LogP) is 7.10. The largest absolute Gasteiger partial charge is 0.493 e. The fourth-order valence-corrected chi connectivity index (χ4v) is 7.10. The maximum atomic E-state index is 13.7. The first-order valence-corrected chi connectivity index (χ1v) is 16.1. The van der Waals surface area contributed by atoms with Crippen LogP contribution in [-0.2, 0) is 6.54 Å². The second-order valence-corrected chi connectivity index (χ2v) is 12.2. The highest BCUT2D eigenvalue weighted by Gasteiger charge is 2.26. The third-order valence-electron chi connectivity index (χ3n) is 9.47. The van der Waals surface area contributed by atoms with Gasteiger partial charge in [0.2, 0.25) is 0 Å². The monoisotopic (exact) mass is 603 g/mol. The number of aromatic amines is 1. The molecule has 232 valence electrons. The van der Waals surface area contributed by atoms with Gasteiger partial charge < -0.3 is 24.7 Å². The van der Waals surface area contributed by atoms with Crippen molar-refractivity contribution in [2.45, 2.75) is 44.7 Å². The third-order valence-corrected chi connectivity index (χ3v) is 9.47. The molecule has 0 aliphatic carbocycles. The Hall–Kier alpha value is -4.40. The van der Waals surface area contributed by atoms with Gasteiger partial charge in [0.05, 0.1) is 25.4 Å². The van der Waals surface area contributed by atoms with Crippen molar-refractivity contribution in [3.05, 3.63) is 84.1 Å². The molecule has 0 unspecified atom stereocenters. The summed E-state index contributed by atoms with van der Waals surface area (Å²) in [6.45, 7) is 5.77. The third kappa shape index (κ3) is 6.00. The average Bonchev–Trinajstić information content (AvgIpc) is 3.48. The summed E-state index contributed by atoms with van der Waals surface area (Å²) in [7, 11) is 3.22. The number of ether oxygens (including phenoxy) is 2. The molecule has 0 saturated carbocycles. The van der Waals surface area contributed by atoms with Crippen LogP contribution in [0.4, 0.5) is 5.69 Å². The molecule has 0 bridgehead atoms. The lowest BCUT2D eigenvalue weighted by Crippen LogP contribution is -2.46. The summed E-state index contributed by atoms with van der Waals surface area (Å²) >= 11 is 0. The zero-order valence-electron chi connectivity index (χ0n) is 26.1. The van der Waals surface area contributed by atoms with Gasteiger partial charge in [0.1, 0.15) is 5.69 Å². The molecule has 8 heteroatoms. The van der Waals surface area contributed by atoms with Gasteiger partial charge in [-0.25, -0.2) is 4.98 Å². The van der Waals surface area contributed by atoms with E-state index in [0.717, 1.165) is 58.7 Å². The minimum absolute atomic E-state index is 0.266. The maximum Gasteiger partial charge on any atom is 0.274 e. The number of pyridine rings is 1. The quantitative estimate of drug-likeness (QED) is 0.197. The molecule has 0 spiro atoms. The molecule has 0 radical (unpaired) electrons. The van der Waals surface area contributed by atoms with Gasteiger partial charge >= 0.3 is 0 Å². The van der Waals surface area contributed by atoms with Crippen molar-refractivity contribution in [1.29, 1.82) is 0 Å². The van der Waals surface area contributed by atoms with Crippen LogP contribution in [0, 0.1) is 0 Å². The number of anilines is 1. The number of benzene rings is 3. The van der Waals surface area contributed by atoms with E-state index in [1.54, 1.807) is 14.2 Å². The Kier molecular flexibility index (Phi) is 8.41. The number of hydrogen-bond donors (Lipinski definition) is 2. The molecule has 2 N–H and O–H groups in total. The van der Waals surface area contributed by atoms with E-state index in [4.69, 9.17) is 14.5 Å². The van der Waals surface area contributed by atoms with Crippen LogP contribution in [0.5, 0.6) is 11.5 Å². The number of para-hydroxylation sites is 2. The molecule has 2 saturated heterocycles. The Labute approximate surface area is 264 Å². The topological polar surface area (TPSA) is 82.7 Å². The first kappa shape index (κ1) is 29.3. The van der Waals surface area contributed by atoms with Crippen LogP contribution < -0.4 is 14.8 Å². The van der Waals surface area contributed by atoms with Gasteiger partial charge in [-0.3, -0.25) is 9.69 Å². The highest BCUT2D eigenvalue weighted by atomic mass is 16.5. The molecule has 3 aromatic carbocycles. The lowest BCUT2D eigenvalue weighted by Gasteiger charge is -2.40. The molecule has 2 aromatic heterocycles. The summed E-state index contributed by atoms with van der Waals surface area (Å²) in [6.07, 6.45) is 6.61. The maximum absolute atomic E-state index is 13.7. The van der Waals surface area contributed by atoms with Crippen molar-refractivity contribution in [2.24, 2.45) is 0 Å². The minimum atomic E-state index is -0.266. The number of nitrogens with one attached hydrogen (secondary N) is 2. The van der Waals surface area contributed by atoms with Gasteiger partial charge in [0, 0.05) is 40.1 Å². The lowest BCUT2D eigenvalue weighted by atomic mass is 9.99. The highest BCUT2D eigenvalue weighted by molar-refractivity contribution is 6.14. The molecule has 7 rings (SSSR count). The molecule has 1 amide bonds. The van der Waals surface area contributed by atoms with Crippen LogP contribution in [0.2, 0.25) is 0 Å². The number of H-pyrrole nitrogens is 1. The van der Waals surface area contributed by atoms with E-state index in [9.17, 15) is 4.79 Å². The smallest absolute Gasteiger partial charge is 0.274 e. The molecule has 0 atom stereocenters. The van der Waals surface area contributed by atoms with Crippen LogP contribution in [0.1, 0.15) is 48.2 Å². The second-order valence-electron chi connectivity index (χ2n) is 12.2. The average molecular weight is 604 g/mol. The summed E-state index contributed by atoms with van der Waals surface area (Å²) in [6, 6.07) is 24.6. The number of carbonyl (C=O) groups excluding carboxylic acids is 1.